The maximum Gasteiger partial charge on any atom is 0.228 e. The van der Waals surface area contributed by atoms with Crippen LogP contribution in [0.5, 0.6) is 0 Å². The number of rotatable bonds is 2. The average molecular weight is 259 g/mol. The molecule has 2 N–H and O–H groups in total. The molecule has 0 aromatic heterocycles. The first-order chi connectivity index (χ1) is 7.65. The molecule has 1 atom stereocenters. The number of nitrogens with one attached hydrogen (secondary N) is 2. The van der Waals surface area contributed by atoms with E-state index >= 15 is 0 Å². The van der Waals surface area contributed by atoms with Crippen LogP contribution in [0.2, 0.25) is 0 Å². The molecule has 0 radical (unpaired) electrons. The van der Waals surface area contributed by atoms with Crippen molar-refractivity contribution in [2.45, 2.75) is 13.3 Å². The van der Waals surface area contributed by atoms with Crippen molar-refractivity contribution in [2.24, 2.45) is 5.92 Å². The molecule has 0 spiro atoms. The summed E-state index contributed by atoms with van der Waals surface area (Å²) >= 11 is 0. The summed E-state index contributed by atoms with van der Waals surface area (Å²) in [4.78, 5) is 11.8. The molecule has 1 aliphatic heterocycles. The largest absolute Gasteiger partial charge is 0.326 e. The lowest BCUT2D eigenvalue weighted by Gasteiger charge is -2.10. The van der Waals surface area contributed by atoms with Gasteiger partial charge < -0.3 is 10.6 Å². The Balaban J connectivity index is 0.00000144. The van der Waals surface area contributed by atoms with E-state index in [4.69, 9.17) is 0 Å². The summed E-state index contributed by atoms with van der Waals surface area (Å²) in [5.41, 5.74) is 1.34. The maximum atomic E-state index is 13.1. The molecule has 1 unspecified atom stereocenters. The molecule has 0 saturated carbocycles. The predicted octanol–water partition coefficient (Wildman–Crippen LogP) is 2.10. The van der Waals surface area contributed by atoms with Gasteiger partial charge in [0.15, 0.2) is 0 Å². The molecular formula is C12H16ClFN2O. The molecule has 3 nitrogen and oxygen atoms in total. The van der Waals surface area contributed by atoms with Gasteiger partial charge in [0.25, 0.3) is 0 Å². The van der Waals surface area contributed by atoms with Crippen LogP contribution in [0.1, 0.15) is 12.0 Å². The van der Waals surface area contributed by atoms with Gasteiger partial charge in [0.1, 0.15) is 5.82 Å². The lowest BCUT2D eigenvalue weighted by Crippen LogP contribution is -2.24. The second-order valence-corrected chi connectivity index (χ2v) is 4.20. The van der Waals surface area contributed by atoms with E-state index in [1.165, 1.54) is 12.1 Å². The summed E-state index contributed by atoms with van der Waals surface area (Å²) in [5.74, 6) is -0.349. The van der Waals surface area contributed by atoms with Crippen LogP contribution in [-0.2, 0) is 4.79 Å². The molecule has 1 amide bonds. The van der Waals surface area contributed by atoms with Gasteiger partial charge in [0, 0.05) is 12.2 Å². The van der Waals surface area contributed by atoms with Crippen LogP contribution in [-0.4, -0.2) is 19.0 Å². The van der Waals surface area contributed by atoms with Gasteiger partial charge in [-0.3, -0.25) is 4.79 Å². The van der Waals surface area contributed by atoms with E-state index in [0.29, 0.717) is 12.2 Å². The highest BCUT2D eigenvalue weighted by molar-refractivity contribution is 5.93. The first kappa shape index (κ1) is 13.9. The first-order valence-electron chi connectivity index (χ1n) is 5.44. The molecule has 17 heavy (non-hydrogen) atoms. The summed E-state index contributed by atoms with van der Waals surface area (Å²) in [7, 11) is 0. The average Bonchev–Trinajstić information content (AvgIpc) is 2.68. The fourth-order valence-electron chi connectivity index (χ4n) is 1.93. The van der Waals surface area contributed by atoms with Crippen LogP contribution >= 0.6 is 12.4 Å². The van der Waals surface area contributed by atoms with Crippen LogP contribution in [0.4, 0.5) is 10.1 Å². The number of aryl methyl sites for hydroxylation is 1. The molecule has 1 aromatic carbocycles. The van der Waals surface area contributed by atoms with Gasteiger partial charge in [0.2, 0.25) is 5.91 Å². The van der Waals surface area contributed by atoms with Crippen molar-refractivity contribution in [3.8, 4) is 0 Å². The zero-order valence-electron chi connectivity index (χ0n) is 9.63. The van der Waals surface area contributed by atoms with E-state index in [1.807, 2.05) is 0 Å². The minimum atomic E-state index is -0.320. The summed E-state index contributed by atoms with van der Waals surface area (Å²) in [5, 5.41) is 5.87. The van der Waals surface area contributed by atoms with Gasteiger partial charge in [-0.25, -0.2) is 4.39 Å². The summed E-state index contributed by atoms with van der Waals surface area (Å²) in [6.07, 6.45) is 0.847. The monoisotopic (exact) mass is 258 g/mol. The number of halogens is 2. The van der Waals surface area contributed by atoms with Crippen molar-refractivity contribution in [1.29, 1.82) is 0 Å². The minimum Gasteiger partial charge on any atom is -0.326 e. The molecule has 1 heterocycles. The number of amides is 1. The van der Waals surface area contributed by atoms with Crippen molar-refractivity contribution >= 4 is 24.0 Å². The predicted molar refractivity (Wildman–Crippen MR) is 68.0 cm³/mol. The second-order valence-electron chi connectivity index (χ2n) is 4.20. The molecule has 0 bridgehead atoms. The normalized spacial score (nSPS) is 18.6. The fraction of sp³-hybridized carbons (Fsp3) is 0.417. The fourth-order valence-corrected chi connectivity index (χ4v) is 1.93. The lowest BCUT2D eigenvalue weighted by molar-refractivity contribution is -0.119. The van der Waals surface area contributed by atoms with E-state index in [1.54, 1.807) is 13.0 Å². The smallest absolute Gasteiger partial charge is 0.228 e. The van der Waals surface area contributed by atoms with Gasteiger partial charge in [-0.1, -0.05) is 0 Å². The van der Waals surface area contributed by atoms with Crippen molar-refractivity contribution in [1.82, 2.24) is 5.32 Å². The number of carbonyl (C=O) groups is 1. The van der Waals surface area contributed by atoms with Gasteiger partial charge in [-0.05, 0) is 43.7 Å². The number of anilines is 1. The van der Waals surface area contributed by atoms with Crippen molar-refractivity contribution in [3.63, 3.8) is 0 Å². The third-order valence-corrected chi connectivity index (χ3v) is 2.74. The van der Waals surface area contributed by atoms with Gasteiger partial charge >= 0.3 is 0 Å². The SMILES string of the molecule is Cc1cc(F)cc(NC(=O)C2CCNC2)c1.Cl. The molecule has 2 rings (SSSR count). The Kier molecular flexibility index (Phi) is 4.90. The Morgan fingerprint density at radius 1 is 1.47 bits per heavy atom. The van der Waals surface area contributed by atoms with Crippen LogP contribution in [0.25, 0.3) is 0 Å². The zero-order valence-corrected chi connectivity index (χ0v) is 10.4. The molecule has 0 aliphatic carbocycles. The highest BCUT2D eigenvalue weighted by Gasteiger charge is 2.22. The second kappa shape index (κ2) is 5.98. The highest BCUT2D eigenvalue weighted by Crippen LogP contribution is 2.16. The maximum absolute atomic E-state index is 13.1. The Hall–Kier alpha value is -1.13. The molecular weight excluding hydrogens is 243 g/mol. The van der Waals surface area contributed by atoms with Crippen LogP contribution in [0.15, 0.2) is 18.2 Å². The third kappa shape index (κ3) is 3.68. The highest BCUT2D eigenvalue weighted by atomic mass is 35.5. The molecule has 5 heteroatoms. The molecule has 1 aliphatic rings. The number of carbonyl (C=O) groups excluding carboxylic acids is 1. The van der Waals surface area contributed by atoms with E-state index in [2.05, 4.69) is 10.6 Å². The number of hydrogen-bond acceptors (Lipinski definition) is 2. The Bertz CT molecular complexity index is 385. The van der Waals surface area contributed by atoms with E-state index in [-0.39, 0.29) is 30.0 Å². The minimum absolute atomic E-state index is 0. The van der Waals surface area contributed by atoms with E-state index < -0.39 is 0 Å². The summed E-state index contributed by atoms with van der Waals surface area (Å²) in [6, 6.07) is 4.55. The molecule has 94 valence electrons. The van der Waals surface area contributed by atoms with Gasteiger partial charge in [0.05, 0.1) is 5.92 Å². The Labute approximate surface area is 106 Å². The molecule has 1 saturated heterocycles. The molecule has 1 fully saturated rings. The number of benzene rings is 1. The third-order valence-electron chi connectivity index (χ3n) is 2.74. The van der Waals surface area contributed by atoms with Crippen molar-refractivity contribution < 1.29 is 9.18 Å². The van der Waals surface area contributed by atoms with E-state index in [0.717, 1.165) is 18.5 Å². The topological polar surface area (TPSA) is 41.1 Å². The van der Waals surface area contributed by atoms with Gasteiger partial charge in [-0.2, -0.15) is 0 Å². The Morgan fingerprint density at radius 2 is 2.24 bits per heavy atom. The van der Waals surface area contributed by atoms with Crippen molar-refractivity contribution in [2.75, 3.05) is 18.4 Å². The van der Waals surface area contributed by atoms with E-state index in [9.17, 15) is 9.18 Å². The summed E-state index contributed by atoms with van der Waals surface area (Å²) < 4.78 is 13.1. The van der Waals surface area contributed by atoms with Gasteiger partial charge in [-0.15, -0.1) is 12.4 Å². The Morgan fingerprint density at radius 3 is 2.82 bits per heavy atom. The van der Waals surface area contributed by atoms with Crippen LogP contribution < -0.4 is 10.6 Å². The molecule has 1 aromatic rings. The number of hydrogen-bond donors (Lipinski definition) is 2. The first-order valence-corrected chi connectivity index (χ1v) is 5.44. The van der Waals surface area contributed by atoms with Crippen molar-refractivity contribution in [3.05, 3.63) is 29.6 Å². The van der Waals surface area contributed by atoms with Crippen LogP contribution in [0.3, 0.4) is 0 Å². The quantitative estimate of drug-likeness (QED) is 0.853. The summed E-state index contributed by atoms with van der Waals surface area (Å²) in [6.45, 7) is 3.39. The zero-order chi connectivity index (χ0) is 11.5. The standard InChI is InChI=1S/C12H15FN2O.ClH/c1-8-4-10(13)6-11(5-8)15-12(16)9-2-3-14-7-9;/h4-6,9,14H,2-3,7H2,1H3,(H,15,16);1H. The van der Waals surface area contributed by atoms with Crippen LogP contribution in [0, 0.1) is 18.7 Å². The lowest BCUT2D eigenvalue weighted by atomic mass is 10.1.